The monoisotopic (exact) mass is 234 g/mol. The molecule has 0 fully saturated rings. The molecule has 3 nitrogen and oxygen atoms in total. The number of hydrogen-bond acceptors (Lipinski definition) is 4. The van der Waals surface area contributed by atoms with Crippen LogP contribution in [0.5, 0.6) is 0 Å². The van der Waals surface area contributed by atoms with E-state index in [1.807, 2.05) is 13.0 Å². The molecule has 0 aliphatic rings. The van der Waals surface area contributed by atoms with Crippen molar-refractivity contribution in [3.05, 3.63) is 47.3 Å². The molecule has 1 aromatic heterocycles. The second kappa shape index (κ2) is 5.18. The number of aromatic nitrogens is 1. The molecule has 0 aliphatic carbocycles. The minimum atomic E-state index is 0.591. The van der Waals surface area contributed by atoms with Crippen LogP contribution in [0.25, 0.3) is 0 Å². The number of nitrogens with zero attached hydrogens (tertiary/aromatic N) is 1. The van der Waals surface area contributed by atoms with Gasteiger partial charge in [-0.25, -0.2) is 0 Å². The molecule has 0 radical (unpaired) electrons. The Balaban J connectivity index is 1.94. The summed E-state index contributed by atoms with van der Waals surface area (Å²) in [6.45, 7) is 2.49. The van der Waals surface area contributed by atoms with Crippen molar-refractivity contribution >= 4 is 11.8 Å². The molecule has 16 heavy (non-hydrogen) atoms. The van der Waals surface area contributed by atoms with E-state index in [9.17, 15) is 0 Å². The van der Waals surface area contributed by atoms with Gasteiger partial charge < -0.3 is 10.3 Å². The summed E-state index contributed by atoms with van der Waals surface area (Å²) in [5.41, 5.74) is 7.67. The van der Waals surface area contributed by atoms with Gasteiger partial charge in [0.2, 0.25) is 0 Å². The fourth-order valence-corrected chi connectivity index (χ4v) is 2.14. The van der Waals surface area contributed by atoms with Crippen LogP contribution in [0, 0.1) is 6.92 Å². The van der Waals surface area contributed by atoms with E-state index < -0.39 is 0 Å². The lowest BCUT2D eigenvalue weighted by atomic mass is 10.2. The Morgan fingerprint density at radius 3 is 2.62 bits per heavy atom. The molecule has 0 unspecified atom stereocenters. The molecular weight excluding hydrogens is 220 g/mol. The molecule has 2 N–H and O–H groups in total. The number of hydrogen-bond donors (Lipinski definition) is 1. The van der Waals surface area contributed by atoms with Crippen LogP contribution in [-0.2, 0) is 12.3 Å². The van der Waals surface area contributed by atoms with Crippen molar-refractivity contribution in [2.24, 2.45) is 5.73 Å². The Kier molecular flexibility index (Phi) is 3.64. The highest BCUT2D eigenvalue weighted by Crippen LogP contribution is 2.22. The van der Waals surface area contributed by atoms with Crippen LogP contribution in [0.3, 0.4) is 0 Å². The van der Waals surface area contributed by atoms with Crippen molar-refractivity contribution in [2.75, 3.05) is 0 Å². The fraction of sp³-hybridized carbons (Fsp3) is 0.250. The van der Waals surface area contributed by atoms with Crippen molar-refractivity contribution < 1.29 is 4.52 Å². The summed E-state index contributed by atoms with van der Waals surface area (Å²) in [6, 6.07) is 10.2. The lowest BCUT2D eigenvalue weighted by Crippen LogP contribution is -1.94. The standard InChI is InChI=1S/C12H14N2OS/c1-9-6-11(14-15-9)8-16-12-4-2-10(7-13)3-5-12/h2-6H,7-8,13H2,1H3. The molecule has 0 atom stereocenters. The van der Waals surface area contributed by atoms with Crippen molar-refractivity contribution in [3.63, 3.8) is 0 Å². The molecule has 0 saturated carbocycles. The van der Waals surface area contributed by atoms with E-state index in [0.717, 1.165) is 22.8 Å². The van der Waals surface area contributed by atoms with Crippen LogP contribution in [0.15, 0.2) is 39.8 Å². The highest BCUT2D eigenvalue weighted by atomic mass is 32.2. The molecule has 4 heteroatoms. The minimum Gasteiger partial charge on any atom is -0.361 e. The predicted molar refractivity (Wildman–Crippen MR) is 65.1 cm³/mol. The molecule has 0 saturated heterocycles. The van der Waals surface area contributed by atoms with Gasteiger partial charge in [-0.05, 0) is 24.6 Å². The summed E-state index contributed by atoms with van der Waals surface area (Å²) >= 11 is 1.74. The highest BCUT2D eigenvalue weighted by Gasteiger charge is 2.01. The van der Waals surface area contributed by atoms with Gasteiger partial charge in [-0.15, -0.1) is 11.8 Å². The van der Waals surface area contributed by atoms with Crippen LogP contribution < -0.4 is 5.73 Å². The zero-order valence-corrected chi connectivity index (χ0v) is 9.96. The number of aryl methyl sites for hydroxylation is 1. The third-order valence-electron chi connectivity index (χ3n) is 2.22. The normalized spacial score (nSPS) is 10.6. The second-order valence-electron chi connectivity index (χ2n) is 3.57. The van der Waals surface area contributed by atoms with E-state index in [2.05, 4.69) is 29.4 Å². The summed E-state index contributed by atoms with van der Waals surface area (Å²) in [7, 11) is 0. The Morgan fingerprint density at radius 2 is 2.06 bits per heavy atom. The minimum absolute atomic E-state index is 0.591. The molecule has 1 aromatic carbocycles. The fourth-order valence-electron chi connectivity index (χ4n) is 1.37. The molecule has 2 aromatic rings. The van der Waals surface area contributed by atoms with E-state index in [1.54, 1.807) is 11.8 Å². The topological polar surface area (TPSA) is 52.0 Å². The average molecular weight is 234 g/mol. The number of nitrogens with two attached hydrogens (primary N) is 1. The van der Waals surface area contributed by atoms with Crippen molar-refractivity contribution in [1.82, 2.24) is 5.16 Å². The molecule has 0 spiro atoms. The molecule has 84 valence electrons. The maximum atomic E-state index is 5.54. The lowest BCUT2D eigenvalue weighted by molar-refractivity contribution is 0.393. The van der Waals surface area contributed by atoms with Crippen molar-refractivity contribution in [1.29, 1.82) is 0 Å². The van der Waals surface area contributed by atoms with Gasteiger partial charge in [0.25, 0.3) is 0 Å². The number of thioether (sulfide) groups is 1. The first-order chi connectivity index (χ1) is 7.78. The first-order valence-corrected chi connectivity index (χ1v) is 6.10. The van der Waals surface area contributed by atoms with Crippen LogP contribution in [0.4, 0.5) is 0 Å². The van der Waals surface area contributed by atoms with Crippen LogP contribution in [0.2, 0.25) is 0 Å². The Bertz CT molecular complexity index is 450. The summed E-state index contributed by atoms with van der Waals surface area (Å²) in [6.07, 6.45) is 0. The summed E-state index contributed by atoms with van der Waals surface area (Å²) < 4.78 is 5.01. The molecule has 0 amide bonds. The van der Waals surface area contributed by atoms with Gasteiger partial charge >= 0.3 is 0 Å². The van der Waals surface area contributed by atoms with Gasteiger partial charge in [0.05, 0.1) is 5.69 Å². The number of rotatable bonds is 4. The lowest BCUT2D eigenvalue weighted by Gasteiger charge is -2.00. The van der Waals surface area contributed by atoms with E-state index in [-0.39, 0.29) is 0 Å². The van der Waals surface area contributed by atoms with Gasteiger partial charge in [0.1, 0.15) is 5.76 Å². The van der Waals surface area contributed by atoms with Gasteiger partial charge in [-0.2, -0.15) is 0 Å². The van der Waals surface area contributed by atoms with Crippen LogP contribution >= 0.6 is 11.8 Å². The summed E-state index contributed by atoms with van der Waals surface area (Å²) in [5.74, 6) is 1.69. The smallest absolute Gasteiger partial charge is 0.133 e. The third kappa shape index (κ3) is 2.87. The van der Waals surface area contributed by atoms with Crippen molar-refractivity contribution in [2.45, 2.75) is 24.1 Å². The maximum absolute atomic E-state index is 5.54. The first kappa shape index (κ1) is 11.2. The second-order valence-corrected chi connectivity index (χ2v) is 4.61. The third-order valence-corrected chi connectivity index (χ3v) is 3.27. The van der Waals surface area contributed by atoms with E-state index >= 15 is 0 Å². The molecular formula is C12H14N2OS. The van der Waals surface area contributed by atoms with E-state index in [4.69, 9.17) is 10.3 Å². The van der Waals surface area contributed by atoms with E-state index in [0.29, 0.717) is 6.54 Å². The average Bonchev–Trinajstić information content (AvgIpc) is 2.73. The molecule has 0 aliphatic heterocycles. The Morgan fingerprint density at radius 1 is 1.31 bits per heavy atom. The zero-order chi connectivity index (χ0) is 11.4. The van der Waals surface area contributed by atoms with Gasteiger partial charge in [0.15, 0.2) is 0 Å². The van der Waals surface area contributed by atoms with E-state index in [1.165, 1.54) is 4.90 Å². The first-order valence-electron chi connectivity index (χ1n) is 5.12. The van der Waals surface area contributed by atoms with Crippen LogP contribution in [0.1, 0.15) is 17.0 Å². The Hall–Kier alpha value is -1.26. The number of benzene rings is 1. The van der Waals surface area contributed by atoms with Gasteiger partial charge in [-0.1, -0.05) is 17.3 Å². The largest absolute Gasteiger partial charge is 0.361 e. The summed E-state index contributed by atoms with van der Waals surface area (Å²) in [5, 5.41) is 3.95. The van der Waals surface area contributed by atoms with Gasteiger partial charge in [-0.3, -0.25) is 0 Å². The quantitative estimate of drug-likeness (QED) is 0.826. The SMILES string of the molecule is Cc1cc(CSc2ccc(CN)cc2)no1. The van der Waals surface area contributed by atoms with Crippen molar-refractivity contribution in [3.8, 4) is 0 Å². The summed E-state index contributed by atoms with van der Waals surface area (Å²) in [4.78, 5) is 1.22. The molecule has 1 heterocycles. The Labute approximate surface area is 99.0 Å². The molecule has 0 bridgehead atoms. The highest BCUT2D eigenvalue weighted by molar-refractivity contribution is 7.98. The predicted octanol–water partition coefficient (Wildman–Crippen LogP) is 2.73. The van der Waals surface area contributed by atoms with Crippen LogP contribution in [-0.4, -0.2) is 5.16 Å². The maximum Gasteiger partial charge on any atom is 0.133 e. The zero-order valence-electron chi connectivity index (χ0n) is 9.14. The van der Waals surface area contributed by atoms with Gasteiger partial charge in [0, 0.05) is 23.3 Å². The molecule has 2 rings (SSSR count).